The molecule has 4 rings (SSSR count). The monoisotopic (exact) mass is 469 g/mol. The molecule has 0 saturated carbocycles. The molecule has 3 aromatic rings. The summed E-state index contributed by atoms with van der Waals surface area (Å²) in [6.07, 6.45) is -5.23. The van der Waals surface area contributed by atoms with Crippen LogP contribution in [0.1, 0.15) is 40.5 Å². The van der Waals surface area contributed by atoms with Crippen molar-refractivity contribution in [2.45, 2.75) is 30.5 Å². The molecule has 0 heterocycles. The quantitative estimate of drug-likeness (QED) is 0.478. The molecule has 34 heavy (non-hydrogen) atoms. The van der Waals surface area contributed by atoms with Crippen molar-refractivity contribution in [3.8, 4) is 11.1 Å². The number of ether oxygens (including phenoxy) is 1. The van der Waals surface area contributed by atoms with Crippen molar-refractivity contribution in [1.82, 2.24) is 0 Å². The number of halogens is 3. The average Bonchev–Trinajstić information content (AvgIpc) is 3.11. The summed E-state index contributed by atoms with van der Waals surface area (Å²) in [7, 11) is 0. The first-order valence-electron chi connectivity index (χ1n) is 10.7. The number of nitrogens with two attached hydrogens (primary N) is 1. The average molecular weight is 469 g/mol. The van der Waals surface area contributed by atoms with Gasteiger partial charge in [0.2, 0.25) is 0 Å². The van der Waals surface area contributed by atoms with Gasteiger partial charge in [-0.3, -0.25) is 9.59 Å². The second-order valence-corrected chi connectivity index (χ2v) is 8.22. The van der Waals surface area contributed by atoms with E-state index in [-0.39, 0.29) is 18.1 Å². The first-order chi connectivity index (χ1) is 16.2. The van der Waals surface area contributed by atoms with Crippen LogP contribution in [0.15, 0.2) is 72.8 Å². The molecule has 1 aliphatic rings. The molecule has 5 nitrogen and oxygen atoms in total. The van der Waals surface area contributed by atoms with Crippen molar-refractivity contribution in [3.63, 3.8) is 0 Å². The number of carboxylic acids is 1. The van der Waals surface area contributed by atoms with Gasteiger partial charge >= 0.3 is 18.1 Å². The van der Waals surface area contributed by atoms with Gasteiger partial charge < -0.3 is 15.6 Å². The van der Waals surface area contributed by atoms with E-state index in [9.17, 15) is 22.8 Å². The first kappa shape index (κ1) is 23.5. The molecule has 3 aromatic carbocycles. The van der Waals surface area contributed by atoms with Gasteiger partial charge in [0.05, 0.1) is 17.9 Å². The highest BCUT2D eigenvalue weighted by atomic mass is 19.4. The number of rotatable bonds is 7. The van der Waals surface area contributed by atoms with E-state index in [1.165, 1.54) is 6.07 Å². The SMILES string of the molecule is N[C@@H](CC(=O)O)[C@@H](C(=O)OCC1c2ccccc2-c2ccccc21)c1cccc(C(F)(F)F)c1. The van der Waals surface area contributed by atoms with E-state index in [1.807, 2.05) is 48.5 Å². The van der Waals surface area contributed by atoms with Crippen LogP contribution in [-0.2, 0) is 20.5 Å². The molecule has 0 bridgehead atoms. The lowest BCUT2D eigenvalue weighted by Crippen LogP contribution is -2.37. The summed E-state index contributed by atoms with van der Waals surface area (Å²) in [5, 5.41) is 9.15. The predicted molar refractivity (Wildman–Crippen MR) is 119 cm³/mol. The number of carbonyl (C=O) groups excluding carboxylic acids is 1. The van der Waals surface area contributed by atoms with Crippen LogP contribution in [0.25, 0.3) is 11.1 Å². The third-order valence-corrected chi connectivity index (χ3v) is 6.02. The van der Waals surface area contributed by atoms with Crippen LogP contribution in [0.3, 0.4) is 0 Å². The molecule has 0 unspecified atom stereocenters. The van der Waals surface area contributed by atoms with Crippen LogP contribution < -0.4 is 5.73 Å². The number of hydrogen-bond donors (Lipinski definition) is 2. The smallest absolute Gasteiger partial charge is 0.416 e. The number of aliphatic carboxylic acids is 1. The van der Waals surface area contributed by atoms with Gasteiger partial charge in [0.25, 0.3) is 0 Å². The maximum absolute atomic E-state index is 13.2. The van der Waals surface area contributed by atoms with Crippen molar-refractivity contribution in [1.29, 1.82) is 0 Å². The number of alkyl halides is 3. The van der Waals surface area contributed by atoms with Gasteiger partial charge in [-0.15, -0.1) is 0 Å². The number of carboxylic acid groups (broad SMARTS) is 1. The van der Waals surface area contributed by atoms with Crippen molar-refractivity contribution >= 4 is 11.9 Å². The molecule has 0 radical (unpaired) electrons. The predicted octanol–water partition coefficient (Wildman–Crippen LogP) is 4.95. The van der Waals surface area contributed by atoms with Crippen molar-refractivity contribution in [3.05, 3.63) is 95.1 Å². The van der Waals surface area contributed by atoms with E-state index < -0.39 is 42.1 Å². The minimum Gasteiger partial charge on any atom is -0.481 e. The largest absolute Gasteiger partial charge is 0.481 e. The summed E-state index contributed by atoms with van der Waals surface area (Å²) >= 11 is 0. The minimum absolute atomic E-state index is 0.0409. The fourth-order valence-corrected chi connectivity index (χ4v) is 4.48. The summed E-state index contributed by atoms with van der Waals surface area (Å²) in [6, 6.07) is 18.3. The van der Waals surface area contributed by atoms with Gasteiger partial charge in [0.1, 0.15) is 6.61 Å². The lowest BCUT2D eigenvalue weighted by molar-refractivity contribution is -0.147. The van der Waals surface area contributed by atoms with Gasteiger partial charge in [-0.2, -0.15) is 13.2 Å². The Kier molecular flexibility index (Phi) is 6.43. The third-order valence-electron chi connectivity index (χ3n) is 6.02. The molecule has 8 heteroatoms. The van der Waals surface area contributed by atoms with E-state index in [2.05, 4.69) is 0 Å². The summed E-state index contributed by atoms with van der Waals surface area (Å²) in [4.78, 5) is 24.4. The van der Waals surface area contributed by atoms with Crippen LogP contribution in [0, 0.1) is 0 Å². The summed E-state index contributed by atoms with van der Waals surface area (Å²) in [5.41, 5.74) is 8.99. The topological polar surface area (TPSA) is 89.6 Å². The maximum Gasteiger partial charge on any atom is 0.416 e. The molecule has 0 amide bonds. The van der Waals surface area contributed by atoms with Gasteiger partial charge in [0.15, 0.2) is 0 Å². The van der Waals surface area contributed by atoms with Crippen LogP contribution in [0.4, 0.5) is 13.2 Å². The highest BCUT2D eigenvalue weighted by Gasteiger charge is 2.36. The zero-order valence-corrected chi connectivity index (χ0v) is 18.0. The Bertz CT molecular complexity index is 1180. The zero-order valence-electron chi connectivity index (χ0n) is 18.0. The standard InChI is InChI=1S/C26H22F3NO4/c27-26(28,29)16-7-5-6-15(12-16)24(22(30)13-23(31)32)25(33)34-14-21-19-10-3-1-8-17(19)18-9-2-4-11-20(18)21/h1-12,21-22,24H,13-14,30H2,(H,31,32)/t22-,24-/m0/s1. The Morgan fingerprint density at radius 3 is 2.09 bits per heavy atom. The van der Waals surface area contributed by atoms with E-state index >= 15 is 0 Å². The number of esters is 1. The molecule has 0 spiro atoms. The third kappa shape index (κ3) is 4.68. The molecule has 1 aliphatic carbocycles. The van der Waals surface area contributed by atoms with E-state index in [1.54, 1.807) is 0 Å². The maximum atomic E-state index is 13.2. The molecular formula is C26H22F3NO4. The Hall–Kier alpha value is -3.65. The van der Waals surface area contributed by atoms with E-state index in [4.69, 9.17) is 15.6 Å². The van der Waals surface area contributed by atoms with Crippen molar-refractivity contribution in [2.75, 3.05) is 6.61 Å². The fourth-order valence-electron chi connectivity index (χ4n) is 4.48. The molecule has 3 N–H and O–H groups in total. The Balaban J connectivity index is 1.62. The number of benzene rings is 3. The molecule has 0 fully saturated rings. The normalized spacial score (nSPS) is 14.7. The Labute approximate surface area is 194 Å². The molecule has 0 saturated heterocycles. The molecule has 0 aromatic heterocycles. The fraction of sp³-hybridized carbons (Fsp3) is 0.231. The lowest BCUT2D eigenvalue weighted by Gasteiger charge is -2.24. The van der Waals surface area contributed by atoms with E-state index in [0.29, 0.717) is 0 Å². The van der Waals surface area contributed by atoms with Gasteiger partial charge in [-0.1, -0.05) is 66.7 Å². The second-order valence-electron chi connectivity index (χ2n) is 8.22. The minimum atomic E-state index is -4.63. The van der Waals surface area contributed by atoms with Crippen LogP contribution >= 0.6 is 0 Å². The van der Waals surface area contributed by atoms with Gasteiger partial charge in [-0.05, 0) is 33.9 Å². The van der Waals surface area contributed by atoms with Crippen LogP contribution in [-0.4, -0.2) is 29.7 Å². The molecule has 2 atom stereocenters. The zero-order chi connectivity index (χ0) is 24.5. The highest BCUT2D eigenvalue weighted by molar-refractivity contribution is 5.82. The number of carbonyl (C=O) groups is 2. The number of hydrogen-bond acceptors (Lipinski definition) is 4. The van der Waals surface area contributed by atoms with Crippen LogP contribution in [0.2, 0.25) is 0 Å². The first-order valence-corrected chi connectivity index (χ1v) is 10.7. The molecule has 0 aliphatic heterocycles. The van der Waals surface area contributed by atoms with Crippen molar-refractivity contribution < 1.29 is 32.6 Å². The lowest BCUT2D eigenvalue weighted by atomic mass is 9.89. The summed E-state index contributed by atoms with van der Waals surface area (Å²) in [6.45, 7) is -0.0535. The number of fused-ring (bicyclic) bond motifs is 3. The van der Waals surface area contributed by atoms with Crippen LogP contribution in [0.5, 0.6) is 0 Å². The second kappa shape index (κ2) is 9.30. The molecule has 176 valence electrons. The summed E-state index contributed by atoms with van der Waals surface area (Å²) < 4.78 is 45.3. The highest BCUT2D eigenvalue weighted by Crippen LogP contribution is 2.44. The van der Waals surface area contributed by atoms with Crippen molar-refractivity contribution in [2.24, 2.45) is 5.73 Å². The summed E-state index contributed by atoms with van der Waals surface area (Å²) in [5.74, 6) is -3.76. The Morgan fingerprint density at radius 1 is 0.941 bits per heavy atom. The Morgan fingerprint density at radius 2 is 1.53 bits per heavy atom. The molecular weight excluding hydrogens is 447 g/mol. The van der Waals surface area contributed by atoms with Gasteiger partial charge in [0, 0.05) is 12.0 Å². The van der Waals surface area contributed by atoms with E-state index in [0.717, 1.165) is 40.5 Å². The van der Waals surface area contributed by atoms with Gasteiger partial charge in [-0.25, -0.2) is 0 Å².